The van der Waals surface area contributed by atoms with E-state index in [1.807, 2.05) is 0 Å². The number of nitrogens with zero attached hydrogens (tertiary/aromatic N) is 2. The number of benzene rings is 2. The number of carbonyl (C=O) groups excluding carboxylic acids is 1. The highest BCUT2D eigenvalue weighted by Crippen LogP contribution is 2.24. The molecule has 3 aromatic rings. The Morgan fingerprint density at radius 1 is 1.26 bits per heavy atom. The molecule has 0 saturated heterocycles. The summed E-state index contributed by atoms with van der Waals surface area (Å²) in [5.74, 6) is -0.658. The highest BCUT2D eigenvalue weighted by molar-refractivity contribution is 6.32. The Kier molecular flexibility index (Phi) is 4.12. The van der Waals surface area contributed by atoms with Crippen LogP contribution in [0.3, 0.4) is 0 Å². The van der Waals surface area contributed by atoms with Gasteiger partial charge in [0.05, 0.1) is 17.0 Å². The van der Waals surface area contributed by atoms with Crippen LogP contribution in [0.15, 0.2) is 55.1 Å². The van der Waals surface area contributed by atoms with Crippen LogP contribution >= 0.6 is 11.6 Å². The molecule has 23 heavy (non-hydrogen) atoms. The molecule has 0 unspecified atom stereocenters. The molecule has 4 nitrogen and oxygen atoms in total. The molecule has 1 aromatic heterocycles. The molecule has 2 aromatic carbocycles. The van der Waals surface area contributed by atoms with Crippen LogP contribution in [0.5, 0.6) is 0 Å². The lowest BCUT2D eigenvalue weighted by Crippen LogP contribution is -2.12. The summed E-state index contributed by atoms with van der Waals surface area (Å²) in [6, 6.07) is 9.42. The third-order valence-electron chi connectivity index (χ3n) is 3.41. The molecule has 0 atom stereocenters. The van der Waals surface area contributed by atoms with Gasteiger partial charge in [-0.3, -0.25) is 4.79 Å². The standard InChI is InChI=1S/C17H13ClFN3O/c1-11-8-12(2-4-15(11)19)17(23)21-13-3-5-16(14(18)9-13)22-7-6-20-10-22/h2-10H,1H3,(H,21,23). The van der Waals surface area contributed by atoms with Gasteiger partial charge in [0, 0.05) is 23.6 Å². The van der Waals surface area contributed by atoms with E-state index in [1.165, 1.54) is 18.2 Å². The predicted molar refractivity (Wildman–Crippen MR) is 87.7 cm³/mol. The Morgan fingerprint density at radius 2 is 2.09 bits per heavy atom. The summed E-state index contributed by atoms with van der Waals surface area (Å²) >= 11 is 6.25. The number of amides is 1. The third kappa shape index (κ3) is 3.24. The van der Waals surface area contributed by atoms with Gasteiger partial charge >= 0.3 is 0 Å². The first-order valence-electron chi connectivity index (χ1n) is 6.90. The first-order valence-corrected chi connectivity index (χ1v) is 7.28. The summed E-state index contributed by atoms with van der Waals surface area (Å²) in [6.07, 6.45) is 5.07. The van der Waals surface area contributed by atoms with E-state index in [9.17, 15) is 9.18 Å². The van der Waals surface area contributed by atoms with Gasteiger partial charge in [-0.2, -0.15) is 0 Å². The summed E-state index contributed by atoms with van der Waals surface area (Å²) in [4.78, 5) is 16.2. The van der Waals surface area contributed by atoms with Crippen LogP contribution in [0.1, 0.15) is 15.9 Å². The van der Waals surface area contributed by atoms with Crippen molar-refractivity contribution in [2.45, 2.75) is 6.92 Å². The van der Waals surface area contributed by atoms with Crippen molar-refractivity contribution < 1.29 is 9.18 Å². The minimum atomic E-state index is -0.339. The number of anilines is 1. The van der Waals surface area contributed by atoms with Crippen LogP contribution in [0.4, 0.5) is 10.1 Å². The Labute approximate surface area is 137 Å². The molecule has 0 spiro atoms. The Morgan fingerprint density at radius 3 is 2.74 bits per heavy atom. The van der Waals surface area contributed by atoms with Gasteiger partial charge in [0.25, 0.3) is 5.91 Å². The Bertz CT molecular complexity index is 862. The lowest BCUT2D eigenvalue weighted by Gasteiger charge is -2.10. The number of halogens is 2. The van der Waals surface area contributed by atoms with Gasteiger partial charge < -0.3 is 9.88 Å². The van der Waals surface area contributed by atoms with Gasteiger partial charge in [-0.05, 0) is 48.9 Å². The number of nitrogens with one attached hydrogen (secondary N) is 1. The van der Waals surface area contributed by atoms with Gasteiger partial charge in [-0.1, -0.05) is 11.6 Å². The number of aryl methyl sites for hydroxylation is 1. The molecule has 0 aliphatic carbocycles. The summed E-state index contributed by atoms with van der Waals surface area (Å²) in [7, 11) is 0. The number of imidazole rings is 1. The number of aromatic nitrogens is 2. The van der Waals surface area contributed by atoms with Gasteiger partial charge in [-0.25, -0.2) is 9.37 Å². The van der Waals surface area contributed by atoms with E-state index >= 15 is 0 Å². The molecular formula is C17H13ClFN3O. The largest absolute Gasteiger partial charge is 0.322 e. The number of hydrogen-bond acceptors (Lipinski definition) is 2. The number of carbonyl (C=O) groups is 1. The maximum Gasteiger partial charge on any atom is 0.255 e. The zero-order valence-corrected chi connectivity index (χ0v) is 13.0. The summed E-state index contributed by atoms with van der Waals surface area (Å²) in [5, 5.41) is 3.23. The molecule has 0 radical (unpaired) electrons. The minimum absolute atomic E-state index is 0.320. The third-order valence-corrected chi connectivity index (χ3v) is 3.71. The lowest BCUT2D eigenvalue weighted by atomic mass is 10.1. The van der Waals surface area contributed by atoms with E-state index in [0.29, 0.717) is 21.8 Å². The number of rotatable bonds is 3. The summed E-state index contributed by atoms with van der Waals surface area (Å²) in [5.41, 5.74) is 2.13. The smallest absolute Gasteiger partial charge is 0.255 e. The van der Waals surface area contributed by atoms with E-state index in [0.717, 1.165) is 5.69 Å². The van der Waals surface area contributed by atoms with Crippen molar-refractivity contribution in [2.75, 3.05) is 5.32 Å². The van der Waals surface area contributed by atoms with Gasteiger partial charge in [0.1, 0.15) is 5.82 Å². The molecule has 0 saturated carbocycles. The molecule has 1 amide bonds. The molecule has 116 valence electrons. The van der Waals surface area contributed by atoms with Crippen LogP contribution < -0.4 is 5.32 Å². The molecule has 0 aliphatic rings. The van der Waals surface area contributed by atoms with Crippen LogP contribution in [0, 0.1) is 12.7 Å². The van der Waals surface area contributed by atoms with E-state index in [4.69, 9.17) is 11.6 Å². The zero-order valence-electron chi connectivity index (χ0n) is 12.3. The highest BCUT2D eigenvalue weighted by atomic mass is 35.5. The van der Waals surface area contributed by atoms with Crippen molar-refractivity contribution in [2.24, 2.45) is 0 Å². The quantitative estimate of drug-likeness (QED) is 0.781. The van der Waals surface area contributed by atoms with E-state index in [1.54, 1.807) is 48.4 Å². The monoisotopic (exact) mass is 329 g/mol. The maximum atomic E-state index is 13.3. The lowest BCUT2D eigenvalue weighted by molar-refractivity contribution is 0.102. The van der Waals surface area contributed by atoms with Crippen molar-refractivity contribution in [3.05, 3.63) is 77.1 Å². The second-order valence-electron chi connectivity index (χ2n) is 5.05. The fourth-order valence-corrected chi connectivity index (χ4v) is 2.46. The van der Waals surface area contributed by atoms with E-state index in [2.05, 4.69) is 10.3 Å². The Balaban J connectivity index is 1.81. The van der Waals surface area contributed by atoms with Crippen LogP contribution in [-0.2, 0) is 0 Å². The van der Waals surface area contributed by atoms with Gasteiger partial charge in [-0.15, -0.1) is 0 Å². The summed E-state index contributed by atoms with van der Waals surface area (Å²) in [6.45, 7) is 1.61. The topological polar surface area (TPSA) is 46.9 Å². The average molecular weight is 330 g/mol. The molecular weight excluding hydrogens is 317 g/mol. The molecule has 0 bridgehead atoms. The van der Waals surface area contributed by atoms with Crippen molar-refractivity contribution in [1.29, 1.82) is 0 Å². The molecule has 3 rings (SSSR count). The molecule has 0 fully saturated rings. The predicted octanol–water partition coefficient (Wildman–Crippen LogP) is 4.23. The maximum absolute atomic E-state index is 13.3. The van der Waals surface area contributed by atoms with Crippen molar-refractivity contribution in [3.8, 4) is 5.69 Å². The second kappa shape index (κ2) is 6.22. The van der Waals surface area contributed by atoms with Crippen LogP contribution in [-0.4, -0.2) is 15.5 Å². The van der Waals surface area contributed by atoms with Crippen molar-refractivity contribution in [3.63, 3.8) is 0 Å². The van der Waals surface area contributed by atoms with E-state index in [-0.39, 0.29) is 11.7 Å². The fraction of sp³-hybridized carbons (Fsp3) is 0.0588. The summed E-state index contributed by atoms with van der Waals surface area (Å²) < 4.78 is 15.0. The normalized spacial score (nSPS) is 10.6. The zero-order chi connectivity index (χ0) is 16.4. The Hall–Kier alpha value is -2.66. The molecule has 6 heteroatoms. The van der Waals surface area contributed by atoms with Gasteiger partial charge in [0.2, 0.25) is 0 Å². The first-order chi connectivity index (χ1) is 11.0. The molecule has 1 heterocycles. The van der Waals surface area contributed by atoms with Crippen molar-refractivity contribution in [1.82, 2.24) is 9.55 Å². The number of hydrogen-bond donors (Lipinski definition) is 1. The molecule has 1 N–H and O–H groups in total. The average Bonchev–Trinajstić information content (AvgIpc) is 3.04. The van der Waals surface area contributed by atoms with Gasteiger partial charge in [0.15, 0.2) is 0 Å². The molecule has 0 aliphatic heterocycles. The van der Waals surface area contributed by atoms with E-state index < -0.39 is 0 Å². The second-order valence-corrected chi connectivity index (χ2v) is 5.46. The van der Waals surface area contributed by atoms with Crippen LogP contribution in [0.2, 0.25) is 5.02 Å². The first kappa shape index (κ1) is 15.2. The van der Waals surface area contributed by atoms with Crippen LogP contribution in [0.25, 0.3) is 5.69 Å². The fourth-order valence-electron chi connectivity index (χ4n) is 2.18. The minimum Gasteiger partial charge on any atom is -0.322 e. The highest BCUT2D eigenvalue weighted by Gasteiger charge is 2.10. The SMILES string of the molecule is Cc1cc(C(=O)Nc2ccc(-n3ccnc3)c(Cl)c2)ccc1F. The van der Waals surface area contributed by atoms with Crippen molar-refractivity contribution >= 4 is 23.2 Å².